The number of methoxy groups -OCH3 is 1. The van der Waals surface area contributed by atoms with Gasteiger partial charge >= 0.3 is 5.97 Å². The van der Waals surface area contributed by atoms with Gasteiger partial charge in [0.25, 0.3) is 5.91 Å². The summed E-state index contributed by atoms with van der Waals surface area (Å²) in [4.78, 5) is 29.4. The molecule has 1 aliphatic heterocycles. The maximum Gasteiger partial charge on any atom is 0.327 e. The molecular weight excluding hydrogens is 438 g/mol. The van der Waals surface area contributed by atoms with E-state index >= 15 is 0 Å². The van der Waals surface area contributed by atoms with Gasteiger partial charge < -0.3 is 15.0 Å². The van der Waals surface area contributed by atoms with E-state index < -0.39 is 6.04 Å². The Kier molecular flexibility index (Phi) is 7.27. The number of hydrogen-bond donors (Lipinski definition) is 1. The van der Waals surface area contributed by atoms with Crippen LogP contribution >= 0.6 is 11.6 Å². The van der Waals surface area contributed by atoms with Gasteiger partial charge in [-0.25, -0.2) is 4.79 Å². The average molecular weight is 464 g/mol. The summed E-state index contributed by atoms with van der Waals surface area (Å²) in [5, 5.41) is 3.31. The van der Waals surface area contributed by atoms with E-state index in [9.17, 15) is 9.59 Å². The molecule has 1 atom stereocenters. The molecule has 0 spiro atoms. The fraction of sp³-hybridized carbons (Fsp3) is 0.231. The minimum absolute atomic E-state index is 0.239. The number of rotatable bonds is 6. The van der Waals surface area contributed by atoms with Crippen molar-refractivity contribution in [2.24, 2.45) is 0 Å². The molecule has 170 valence electrons. The summed E-state index contributed by atoms with van der Waals surface area (Å²) in [6, 6.07) is 24.1. The SMILES string of the molecule is COC(=O)C(c1ccccc1)N1CCN(c2ccc(NC(=O)c3ccccc3Cl)cc2)CC1. The topological polar surface area (TPSA) is 61.9 Å². The van der Waals surface area contributed by atoms with Gasteiger partial charge in [0.15, 0.2) is 0 Å². The highest BCUT2D eigenvalue weighted by atomic mass is 35.5. The number of halogens is 1. The van der Waals surface area contributed by atoms with E-state index in [-0.39, 0.29) is 11.9 Å². The number of anilines is 2. The van der Waals surface area contributed by atoms with E-state index in [0.29, 0.717) is 16.3 Å². The van der Waals surface area contributed by atoms with Gasteiger partial charge in [-0.2, -0.15) is 0 Å². The third kappa shape index (κ3) is 5.35. The van der Waals surface area contributed by atoms with Crippen molar-refractivity contribution in [3.63, 3.8) is 0 Å². The van der Waals surface area contributed by atoms with E-state index in [0.717, 1.165) is 37.4 Å². The third-order valence-corrected chi connectivity index (χ3v) is 6.16. The zero-order chi connectivity index (χ0) is 23.2. The van der Waals surface area contributed by atoms with E-state index in [4.69, 9.17) is 16.3 Å². The zero-order valence-electron chi connectivity index (χ0n) is 18.4. The number of hydrogen-bond acceptors (Lipinski definition) is 5. The van der Waals surface area contributed by atoms with E-state index in [1.807, 2.05) is 54.6 Å². The zero-order valence-corrected chi connectivity index (χ0v) is 19.2. The summed E-state index contributed by atoms with van der Waals surface area (Å²) in [5.41, 5.74) is 3.16. The van der Waals surface area contributed by atoms with Crippen LogP contribution in [0.15, 0.2) is 78.9 Å². The summed E-state index contributed by atoms with van der Waals surface area (Å²) >= 11 is 6.11. The molecule has 33 heavy (non-hydrogen) atoms. The Labute approximate surface area is 198 Å². The summed E-state index contributed by atoms with van der Waals surface area (Å²) in [5.74, 6) is -0.481. The summed E-state index contributed by atoms with van der Waals surface area (Å²) < 4.78 is 5.08. The first-order valence-electron chi connectivity index (χ1n) is 10.8. The van der Waals surface area contributed by atoms with Crippen LogP contribution in [-0.2, 0) is 9.53 Å². The first-order valence-corrected chi connectivity index (χ1v) is 11.2. The van der Waals surface area contributed by atoms with Gasteiger partial charge in [0.2, 0.25) is 0 Å². The number of benzene rings is 3. The normalized spacial score (nSPS) is 15.0. The molecule has 1 aliphatic rings. The molecule has 6 nitrogen and oxygen atoms in total. The van der Waals surface area contributed by atoms with Crippen molar-refractivity contribution in [2.45, 2.75) is 6.04 Å². The first kappa shape index (κ1) is 22.8. The predicted molar refractivity (Wildman–Crippen MR) is 131 cm³/mol. The Balaban J connectivity index is 1.38. The van der Waals surface area contributed by atoms with Crippen LogP contribution in [0.25, 0.3) is 0 Å². The second-order valence-corrected chi connectivity index (χ2v) is 8.25. The van der Waals surface area contributed by atoms with Crippen molar-refractivity contribution in [3.8, 4) is 0 Å². The lowest BCUT2D eigenvalue weighted by molar-refractivity contribution is -0.147. The van der Waals surface area contributed by atoms with Crippen molar-refractivity contribution in [1.82, 2.24) is 4.90 Å². The number of carbonyl (C=O) groups excluding carboxylic acids is 2. The van der Waals surface area contributed by atoms with E-state index in [1.54, 1.807) is 24.3 Å². The first-order chi connectivity index (χ1) is 16.1. The van der Waals surface area contributed by atoms with Crippen LogP contribution in [0.1, 0.15) is 22.0 Å². The smallest absolute Gasteiger partial charge is 0.327 e. The molecule has 0 aliphatic carbocycles. The predicted octanol–water partition coefficient (Wildman–Crippen LogP) is 4.63. The minimum atomic E-state index is -0.402. The summed E-state index contributed by atoms with van der Waals surface area (Å²) in [6.07, 6.45) is 0. The Morgan fingerprint density at radius 3 is 2.15 bits per heavy atom. The molecule has 1 unspecified atom stereocenters. The molecule has 1 heterocycles. The Morgan fingerprint density at radius 1 is 0.879 bits per heavy atom. The van der Waals surface area contributed by atoms with Gasteiger partial charge in [-0.1, -0.05) is 54.1 Å². The highest BCUT2D eigenvalue weighted by molar-refractivity contribution is 6.34. The number of carbonyl (C=O) groups is 2. The molecule has 1 amide bonds. The van der Waals surface area contributed by atoms with Crippen molar-refractivity contribution in [3.05, 3.63) is 95.0 Å². The Hall–Kier alpha value is -3.35. The van der Waals surface area contributed by atoms with Gasteiger partial charge in [-0.3, -0.25) is 9.69 Å². The maximum atomic E-state index is 12.5. The quantitative estimate of drug-likeness (QED) is 0.540. The number of nitrogens with zero attached hydrogens (tertiary/aromatic N) is 2. The van der Waals surface area contributed by atoms with Gasteiger partial charge in [-0.05, 0) is 42.0 Å². The molecule has 3 aromatic rings. The lowest BCUT2D eigenvalue weighted by atomic mass is 10.0. The van der Waals surface area contributed by atoms with Crippen molar-refractivity contribution in [1.29, 1.82) is 0 Å². The number of amides is 1. The summed E-state index contributed by atoms with van der Waals surface area (Å²) in [7, 11) is 1.43. The molecule has 0 aromatic heterocycles. The Bertz CT molecular complexity index is 1100. The lowest BCUT2D eigenvalue weighted by Gasteiger charge is -2.39. The highest BCUT2D eigenvalue weighted by Gasteiger charge is 2.31. The second-order valence-electron chi connectivity index (χ2n) is 7.84. The monoisotopic (exact) mass is 463 g/mol. The fourth-order valence-electron chi connectivity index (χ4n) is 4.08. The van der Waals surface area contributed by atoms with Crippen LogP contribution in [0.5, 0.6) is 0 Å². The van der Waals surface area contributed by atoms with Crippen LogP contribution in [0.4, 0.5) is 11.4 Å². The number of piperazine rings is 1. The van der Waals surface area contributed by atoms with Crippen molar-refractivity contribution in [2.75, 3.05) is 43.5 Å². The highest BCUT2D eigenvalue weighted by Crippen LogP contribution is 2.26. The largest absolute Gasteiger partial charge is 0.468 e. The maximum absolute atomic E-state index is 12.5. The fourth-order valence-corrected chi connectivity index (χ4v) is 4.30. The molecule has 3 aromatic carbocycles. The molecule has 7 heteroatoms. The van der Waals surface area contributed by atoms with E-state index in [2.05, 4.69) is 15.1 Å². The van der Waals surface area contributed by atoms with Gasteiger partial charge in [0.05, 0.1) is 17.7 Å². The van der Waals surface area contributed by atoms with Gasteiger partial charge in [0, 0.05) is 37.6 Å². The standard InChI is InChI=1S/C26H26ClN3O3/c1-33-26(32)24(19-7-3-2-4-8-19)30-17-15-29(16-18-30)21-13-11-20(12-14-21)28-25(31)22-9-5-6-10-23(22)27/h2-14,24H,15-18H2,1H3,(H,28,31). The van der Waals surface area contributed by atoms with Crippen LogP contribution in [0.3, 0.4) is 0 Å². The molecule has 0 radical (unpaired) electrons. The molecule has 4 rings (SSSR count). The lowest BCUT2D eigenvalue weighted by Crippen LogP contribution is -2.49. The minimum Gasteiger partial charge on any atom is -0.468 e. The number of esters is 1. The average Bonchev–Trinajstić information content (AvgIpc) is 2.86. The van der Waals surface area contributed by atoms with Crippen LogP contribution in [0, 0.1) is 0 Å². The number of nitrogens with one attached hydrogen (secondary N) is 1. The number of ether oxygens (including phenoxy) is 1. The molecule has 1 fully saturated rings. The van der Waals surface area contributed by atoms with Crippen LogP contribution in [0.2, 0.25) is 5.02 Å². The molecular formula is C26H26ClN3O3. The summed E-state index contributed by atoms with van der Waals surface area (Å²) in [6.45, 7) is 3.04. The van der Waals surface area contributed by atoms with E-state index in [1.165, 1.54) is 7.11 Å². The van der Waals surface area contributed by atoms with Crippen LogP contribution in [-0.4, -0.2) is 50.1 Å². The van der Waals surface area contributed by atoms with Gasteiger partial charge in [0.1, 0.15) is 6.04 Å². The molecule has 1 saturated heterocycles. The third-order valence-electron chi connectivity index (χ3n) is 5.83. The van der Waals surface area contributed by atoms with Crippen molar-refractivity contribution >= 4 is 34.9 Å². The van der Waals surface area contributed by atoms with Crippen LogP contribution < -0.4 is 10.2 Å². The molecule has 0 saturated carbocycles. The Morgan fingerprint density at radius 2 is 1.52 bits per heavy atom. The molecule has 0 bridgehead atoms. The molecule has 1 N–H and O–H groups in total. The van der Waals surface area contributed by atoms with Gasteiger partial charge in [-0.15, -0.1) is 0 Å². The van der Waals surface area contributed by atoms with Crippen molar-refractivity contribution < 1.29 is 14.3 Å². The second kappa shape index (κ2) is 10.5.